The van der Waals surface area contributed by atoms with E-state index in [1.54, 1.807) is 4.68 Å². The number of aromatic nitrogens is 3. The number of nitrogens with zero attached hydrogens (tertiary/aromatic N) is 4. The maximum Gasteiger partial charge on any atom is 0.513 e. The predicted octanol–water partition coefficient (Wildman–Crippen LogP) is 2.98. The van der Waals surface area contributed by atoms with E-state index in [1.165, 1.54) is 0 Å². The molecule has 1 N–H and O–H groups in total. The van der Waals surface area contributed by atoms with Crippen molar-refractivity contribution < 1.29 is 14.6 Å². The highest BCUT2D eigenvalue weighted by Crippen LogP contribution is 2.36. The first-order valence-electron chi connectivity index (χ1n) is 7.01. The van der Waals surface area contributed by atoms with Crippen LogP contribution in [0.2, 0.25) is 0 Å². The molecule has 0 saturated heterocycles. The first kappa shape index (κ1) is 13.3. The van der Waals surface area contributed by atoms with Crippen molar-refractivity contribution in [1.29, 1.82) is 0 Å². The molecule has 0 fully saturated rings. The van der Waals surface area contributed by atoms with Crippen LogP contribution in [0.3, 0.4) is 0 Å². The summed E-state index contributed by atoms with van der Waals surface area (Å²) < 4.78 is 6.20. The Morgan fingerprint density at radius 3 is 2.48 bits per heavy atom. The minimum Gasteiger partial charge on any atom is -0.449 e. The summed E-state index contributed by atoms with van der Waals surface area (Å²) in [5.74, 6) is 0.615. The quantitative estimate of drug-likeness (QED) is 0.733. The van der Waals surface area contributed by atoms with Gasteiger partial charge in [0.05, 0.1) is 17.9 Å². The van der Waals surface area contributed by atoms with Gasteiger partial charge >= 0.3 is 12.2 Å². The van der Waals surface area contributed by atoms with Crippen molar-refractivity contribution in [2.75, 3.05) is 4.90 Å². The standard InChI is InChI=1S/C16H12N4O3/c21-16(22)23-15-17-14-10-19(11-6-2-1-3-7-11)12-8-4-5-9-13(12)20(14)18-15/h1-9H,10H2,(H,21,22). The highest BCUT2D eigenvalue weighted by Gasteiger charge is 2.26. The summed E-state index contributed by atoms with van der Waals surface area (Å²) in [5.41, 5.74) is 2.82. The van der Waals surface area contributed by atoms with Gasteiger partial charge in [0.15, 0.2) is 5.82 Å². The first-order valence-corrected chi connectivity index (χ1v) is 7.01. The largest absolute Gasteiger partial charge is 0.513 e. The highest BCUT2D eigenvalue weighted by atomic mass is 16.7. The van der Waals surface area contributed by atoms with Gasteiger partial charge in [0.1, 0.15) is 0 Å². The number of para-hydroxylation sites is 3. The molecule has 23 heavy (non-hydrogen) atoms. The van der Waals surface area contributed by atoms with Gasteiger partial charge in [-0.3, -0.25) is 0 Å². The summed E-state index contributed by atoms with van der Waals surface area (Å²) in [5, 5.41) is 12.9. The van der Waals surface area contributed by atoms with Gasteiger partial charge in [-0.2, -0.15) is 4.98 Å². The van der Waals surface area contributed by atoms with Gasteiger partial charge in [0.2, 0.25) is 0 Å². The van der Waals surface area contributed by atoms with Crippen molar-refractivity contribution >= 4 is 17.5 Å². The van der Waals surface area contributed by atoms with Crippen LogP contribution in [0.5, 0.6) is 6.01 Å². The third-order valence-corrected chi connectivity index (χ3v) is 3.60. The SMILES string of the molecule is O=C(O)Oc1nc2n(n1)-c1ccccc1N(c1ccccc1)C2. The molecule has 3 aromatic rings. The van der Waals surface area contributed by atoms with Gasteiger partial charge in [-0.25, -0.2) is 9.48 Å². The molecule has 1 aromatic heterocycles. The van der Waals surface area contributed by atoms with E-state index in [0.717, 1.165) is 17.1 Å². The highest BCUT2D eigenvalue weighted by molar-refractivity contribution is 5.73. The number of hydrogen-bond donors (Lipinski definition) is 1. The molecule has 0 amide bonds. The van der Waals surface area contributed by atoms with Crippen LogP contribution in [0.15, 0.2) is 54.6 Å². The Balaban J connectivity index is 1.83. The topological polar surface area (TPSA) is 80.5 Å². The van der Waals surface area contributed by atoms with Crippen LogP contribution >= 0.6 is 0 Å². The lowest BCUT2D eigenvalue weighted by Crippen LogP contribution is -2.25. The van der Waals surface area contributed by atoms with Gasteiger partial charge in [-0.15, -0.1) is 5.10 Å². The van der Waals surface area contributed by atoms with Crippen LogP contribution in [0, 0.1) is 0 Å². The Bertz CT molecular complexity index is 876. The third kappa shape index (κ3) is 2.28. The molecule has 0 unspecified atom stereocenters. The smallest absolute Gasteiger partial charge is 0.449 e. The molecule has 1 aliphatic rings. The first-order chi connectivity index (χ1) is 11.2. The molecular weight excluding hydrogens is 296 g/mol. The Kier molecular flexibility index (Phi) is 2.97. The molecule has 1 aliphatic heterocycles. The van der Waals surface area contributed by atoms with E-state index in [1.807, 2.05) is 54.6 Å². The number of rotatable bonds is 2. The number of fused-ring (bicyclic) bond motifs is 3. The predicted molar refractivity (Wildman–Crippen MR) is 82.3 cm³/mol. The summed E-state index contributed by atoms with van der Waals surface area (Å²) in [6.45, 7) is 0.469. The molecule has 7 nitrogen and oxygen atoms in total. The molecule has 114 valence electrons. The van der Waals surface area contributed by atoms with Gasteiger partial charge in [0, 0.05) is 5.69 Å². The summed E-state index contributed by atoms with van der Waals surface area (Å²) in [7, 11) is 0. The molecule has 0 atom stereocenters. The van der Waals surface area contributed by atoms with Crippen molar-refractivity contribution in [3.05, 3.63) is 60.4 Å². The fourth-order valence-corrected chi connectivity index (χ4v) is 2.68. The molecule has 0 saturated carbocycles. The van der Waals surface area contributed by atoms with Crippen molar-refractivity contribution in [2.45, 2.75) is 6.54 Å². The molecule has 7 heteroatoms. The van der Waals surface area contributed by atoms with Crippen molar-refractivity contribution in [2.24, 2.45) is 0 Å². The number of anilines is 2. The van der Waals surface area contributed by atoms with E-state index in [-0.39, 0.29) is 6.01 Å². The second kappa shape index (κ2) is 5.13. The molecule has 0 spiro atoms. The van der Waals surface area contributed by atoms with E-state index < -0.39 is 6.16 Å². The number of carboxylic acid groups (broad SMARTS) is 1. The molecule has 0 bridgehead atoms. The molecular formula is C16H12N4O3. The van der Waals surface area contributed by atoms with Crippen molar-refractivity contribution in [1.82, 2.24) is 14.8 Å². The number of hydrogen-bond acceptors (Lipinski definition) is 5. The summed E-state index contributed by atoms with van der Waals surface area (Å²) >= 11 is 0. The van der Waals surface area contributed by atoms with Crippen LogP contribution in [0.1, 0.15) is 5.82 Å². The van der Waals surface area contributed by atoms with Gasteiger partial charge in [-0.05, 0) is 24.3 Å². The lowest BCUT2D eigenvalue weighted by molar-refractivity contribution is 0.140. The van der Waals surface area contributed by atoms with Crippen LogP contribution in [-0.4, -0.2) is 26.0 Å². The average Bonchev–Trinajstić information content (AvgIpc) is 2.96. The second-order valence-corrected chi connectivity index (χ2v) is 5.00. The summed E-state index contributed by atoms with van der Waals surface area (Å²) in [4.78, 5) is 17.0. The van der Waals surface area contributed by atoms with E-state index in [2.05, 4.69) is 19.7 Å². The van der Waals surface area contributed by atoms with E-state index in [4.69, 9.17) is 5.11 Å². The third-order valence-electron chi connectivity index (χ3n) is 3.60. The second-order valence-electron chi connectivity index (χ2n) is 5.00. The van der Waals surface area contributed by atoms with E-state index >= 15 is 0 Å². The zero-order valence-electron chi connectivity index (χ0n) is 12.0. The maximum absolute atomic E-state index is 10.7. The number of benzene rings is 2. The number of carbonyl (C=O) groups is 1. The van der Waals surface area contributed by atoms with Crippen molar-refractivity contribution in [3.8, 4) is 11.7 Å². The van der Waals surface area contributed by atoms with Crippen LogP contribution < -0.4 is 9.64 Å². The summed E-state index contributed by atoms with van der Waals surface area (Å²) in [6, 6.07) is 17.5. The lowest BCUT2D eigenvalue weighted by Gasteiger charge is -2.30. The Morgan fingerprint density at radius 1 is 1.04 bits per heavy atom. The lowest BCUT2D eigenvalue weighted by atomic mass is 10.1. The van der Waals surface area contributed by atoms with E-state index in [9.17, 15) is 4.79 Å². The normalized spacial score (nSPS) is 12.4. The molecule has 2 heterocycles. The fraction of sp³-hybridized carbons (Fsp3) is 0.0625. The van der Waals surface area contributed by atoms with Gasteiger partial charge in [-0.1, -0.05) is 30.3 Å². The minimum atomic E-state index is -1.43. The van der Waals surface area contributed by atoms with Crippen LogP contribution in [0.25, 0.3) is 5.69 Å². The van der Waals surface area contributed by atoms with Crippen LogP contribution in [0.4, 0.5) is 16.2 Å². The molecule has 4 rings (SSSR count). The molecule has 2 aromatic carbocycles. The summed E-state index contributed by atoms with van der Waals surface area (Å²) in [6.07, 6.45) is -1.43. The monoisotopic (exact) mass is 308 g/mol. The Morgan fingerprint density at radius 2 is 1.74 bits per heavy atom. The molecule has 0 aliphatic carbocycles. The minimum absolute atomic E-state index is 0.169. The Hall–Kier alpha value is -3.35. The average molecular weight is 308 g/mol. The van der Waals surface area contributed by atoms with Crippen LogP contribution in [-0.2, 0) is 6.54 Å². The van der Waals surface area contributed by atoms with Gasteiger partial charge < -0.3 is 14.7 Å². The van der Waals surface area contributed by atoms with Gasteiger partial charge in [0.25, 0.3) is 0 Å². The van der Waals surface area contributed by atoms with E-state index in [0.29, 0.717) is 12.4 Å². The number of ether oxygens (including phenoxy) is 1. The maximum atomic E-state index is 10.7. The fourth-order valence-electron chi connectivity index (χ4n) is 2.68. The Labute approximate surface area is 131 Å². The van der Waals surface area contributed by atoms with Crippen molar-refractivity contribution in [3.63, 3.8) is 0 Å². The zero-order valence-corrected chi connectivity index (χ0v) is 12.0. The molecule has 0 radical (unpaired) electrons. The zero-order chi connectivity index (χ0) is 15.8.